The predicted molar refractivity (Wildman–Crippen MR) is 118 cm³/mol. The van der Waals surface area contributed by atoms with E-state index in [1.165, 1.54) is 0 Å². The number of hydrogen-bond acceptors (Lipinski definition) is 4. The number of fused-ring (bicyclic) bond motifs is 1. The summed E-state index contributed by atoms with van der Waals surface area (Å²) >= 11 is 1.62. The minimum absolute atomic E-state index is 0.0420. The second kappa shape index (κ2) is 9.52. The van der Waals surface area contributed by atoms with Crippen molar-refractivity contribution in [1.29, 1.82) is 0 Å². The molecular weight excluding hydrogens is 404 g/mol. The molecule has 29 heavy (non-hydrogen) atoms. The molecule has 0 bridgehead atoms. The molecule has 7 heteroatoms. The van der Waals surface area contributed by atoms with Gasteiger partial charge in [0.05, 0.1) is 10.9 Å². The van der Waals surface area contributed by atoms with E-state index in [2.05, 4.69) is 23.9 Å². The summed E-state index contributed by atoms with van der Waals surface area (Å²) in [6.45, 7) is 4.29. The minimum atomic E-state index is -3.67. The molecule has 3 rings (SSSR count). The van der Waals surface area contributed by atoms with Crippen molar-refractivity contribution in [3.63, 3.8) is 0 Å². The largest absolute Gasteiger partial charge is 0.348 e. The van der Waals surface area contributed by atoms with Crippen LogP contribution >= 0.6 is 11.3 Å². The van der Waals surface area contributed by atoms with E-state index in [1.54, 1.807) is 29.5 Å². The first kappa shape index (κ1) is 21.5. The zero-order chi connectivity index (χ0) is 20.9. The Bertz CT molecular complexity index is 1060. The summed E-state index contributed by atoms with van der Waals surface area (Å²) in [7, 11) is -3.67. The smallest absolute Gasteiger partial charge is 0.240 e. The summed E-state index contributed by atoms with van der Waals surface area (Å²) in [6, 6.07) is 16.6. The van der Waals surface area contributed by atoms with Gasteiger partial charge in [0.1, 0.15) is 0 Å². The fourth-order valence-corrected chi connectivity index (χ4v) is 5.05. The van der Waals surface area contributed by atoms with E-state index in [9.17, 15) is 13.2 Å². The van der Waals surface area contributed by atoms with Gasteiger partial charge in [-0.25, -0.2) is 13.1 Å². The van der Waals surface area contributed by atoms with Gasteiger partial charge in [-0.15, -0.1) is 11.3 Å². The summed E-state index contributed by atoms with van der Waals surface area (Å²) in [5, 5.41) is 6.87. The van der Waals surface area contributed by atoms with Crippen molar-refractivity contribution >= 4 is 38.0 Å². The standard InChI is InChI=1S/C22H26N2O3S2/c1-16(2)14-20(21-8-5-13-28-21)24-22(25)11-12-23-29(26,27)19-10-9-17-6-3-4-7-18(17)15-19/h3-10,13,15-16,20,23H,11-12,14H2,1-2H3,(H,24,25). The van der Waals surface area contributed by atoms with Crippen molar-refractivity contribution in [2.24, 2.45) is 5.92 Å². The van der Waals surface area contributed by atoms with Crippen LogP contribution in [0.1, 0.15) is 37.6 Å². The molecule has 0 saturated heterocycles. The van der Waals surface area contributed by atoms with Crippen LogP contribution in [-0.4, -0.2) is 20.9 Å². The van der Waals surface area contributed by atoms with Crippen molar-refractivity contribution in [2.45, 2.75) is 37.6 Å². The van der Waals surface area contributed by atoms with Crippen LogP contribution in [0.15, 0.2) is 64.9 Å². The molecule has 0 saturated carbocycles. The molecule has 0 spiro atoms. The van der Waals surface area contributed by atoms with Crippen LogP contribution in [0, 0.1) is 5.92 Å². The number of carbonyl (C=O) groups is 1. The van der Waals surface area contributed by atoms with Gasteiger partial charge in [0.25, 0.3) is 0 Å². The summed E-state index contributed by atoms with van der Waals surface area (Å²) in [5.74, 6) is 0.277. The van der Waals surface area contributed by atoms with Crippen LogP contribution in [0.4, 0.5) is 0 Å². The van der Waals surface area contributed by atoms with Crippen molar-refractivity contribution in [1.82, 2.24) is 10.0 Å². The van der Waals surface area contributed by atoms with E-state index in [1.807, 2.05) is 41.8 Å². The Balaban J connectivity index is 1.58. The van der Waals surface area contributed by atoms with Gasteiger partial charge in [0.15, 0.2) is 0 Å². The maximum absolute atomic E-state index is 12.6. The first-order valence-corrected chi connectivity index (χ1v) is 12.0. The van der Waals surface area contributed by atoms with Crippen LogP contribution in [0.25, 0.3) is 10.8 Å². The molecule has 1 unspecified atom stereocenters. The molecule has 1 heterocycles. The zero-order valence-corrected chi connectivity index (χ0v) is 18.2. The van der Waals surface area contributed by atoms with Crippen molar-refractivity contribution < 1.29 is 13.2 Å². The number of hydrogen-bond donors (Lipinski definition) is 2. The molecule has 2 aromatic carbocycles. The molecular formula is C22H26N2O3S2. The summed E-state index contributed by atoms with van der Waals surface area (Å²) in [4.78, 5) is 13.7. The van der Waals surface area contributed by atoms with E-state index < -0.39 is 10.0 Å². The number of thiophene rings is 1. The minimum Gasteiger partial charge on any atom is -0.348 e. The Morgan fingerprint density at radius 2 is 1.79 bits per heavy atom. The van der Waals surface area contributed by atoms with Gasteiger partial charge in [-0.1, -0.05) is 50.2 Å². The Labute approximate surface area is 176 Å². The van der Waals surface area contributed by atoms with Crippen molar-refractivity contribution in [3.8, 4) is 0 Å². The van der Waals surface area contributed by atoms with Gasteiger partial charge in [-0.2, -0.15) is 0 Å². The van der Waals surface area contributed by atoms with Crippen LogP contribution < -0.4 is 10.0 Å². The van der Waals surface area contributed by atoms with Crippen molar-refractivity contribution in [2.75, 3.05) is 6.54 Å². The highest BCUT2D eigenvalue weighted by Crippen LogP contribution is 2.25. The normalized spacial score (nSPS) is 12.9. The number of benzene rings is 2. The lowest BCUT2D eigenvalue weighted by Crippen LogP contribution is -2.33. The van der Waals surface area contributed by atoms with Crippen LogP contribution in [-0.2, 0) is 14.8 Å². The van der Waals surface area contributed by atoms with E-state index in [-0.39, 0.29) is 29.8 Å². The molecule has 0 aliphatic heterocycles. The molecule has 0 aliphatic carbocycles. The lowest BCUT2D eigenvalue weighted by Gasteiger charge is -2.19. The van der Waals surface area contributed by atoms with E-state index in [4.69, 9.17) is 0 Å². The SMILES string of the molecule is CC(C)CC(NC(=O)CCNS(=O)(=O)c1ccc2ccccc2c1)c1cccs1. The summed E-state index contributed by atoms with van der Waals surface area (Å²) < 4.78 is 27.7. The number of nitrogens with one attached hydrogen (secondary N) is 2. The van der Waals surface area contributed by atoms with E-state index >= 15 is 0 Å². The molecule has 5 nitrogen and oxygen atoms in total. The third-order valence-corrected chi connectivity index (χ3v) is 7.05. The lowest BCUT2D eigenvalue weighted by molar-refractivity contribution is -0.121. The Hall–Kier alpha value is -2.22. The fraction of sp³-hybridized carbons (Fsp3) is 0.318. The average molecular weight is 431 g/mol. The van der Waals surface area contributed by atoms with Gasteiger partial charge in [0.2, 0.25) is 15.9 Å². The molecule has 1 amide bonds. The summed E-state index contributed by atoms with van der Waals surface area (Å²) in [5.41, 5.74) is 0. The highest BCUT2D eigenvalue weighted by Gasteiger charge is 2.18. The molecule has 0 fully saturated rings. The van der Waals surface area contributed by atoms with Crippen LogP contribution in [0.2, 0.25) is 0 Å². The maximum Gasteiger partial charge on any atom is 0.240 e. The maximum atomic E-state index is 12.6. The molecule has 2 N–H and O–H groups in total. The predicted octanol–water partition coefficient (Wildman–Crippen LogP) is 4.47. The van der Waals surface area contributed by atoms with Crippen LogP contribution in [0.5, 0.6) is 0 Å². The Kier molecular flexibility index (Phi) is 7.05. The average Bonchev–Trinajstić information content (AvgIpc) is 3.21. The topological polar surface area (TPSA) is 75.3 Å². The highest BCUT2D eigenvalue weighted by molar-refractivity contribution is 7.89. The monoisotopic (exact) mass is 430 g/mol. The van der Waals surface area contributed by atoms with Gasteiger partial charge >= 0.3 is 0 Å². The quantitative estimate of drug-likeness (QED) is 0.526. The van der Waals surface area contributed by atoms with Gasteiger partial charge in [-0.05, 0) is 46.7 Å². The highest BCUT2D eigenvalue weighted by atomic mass is 32.2. The molecule has 0 aliphatic rings. The molecule has 0 radical (unpaired) electrons. The second-order valence-electron chi connectivity index (χ2n) is 7.42. The Morgan fingerprint density at radius 1 is 1.03 bits per heavy atom. The van der Waals surface area contributed by atoms with Crippen molar-refractivity contribution in [3.05, 3.63) is 64.9 Å². The number of rotatable bonds is 9. The third-order valence-electron chi connectivity index (χ3n) is 4.60. The molecule has 154 valence electrons. The van der Waals surface area contributed by atoms with Gasteiger partial charge in [0, 0.05) is 17.8 Å². The zero-order valence-electron chi connectivity index (χ0n) is 16.6. The van der Waals surface area contributed by atoms with Gasteiger partial charge in [-0.3, -0.25) is 4.79 Å². The molecule has 1 aromatic heterocycles. The molecule has 1 atom stereocenters. The number of amides is 1. The van der Waals surface area contributed by atoms with E-state index in [0.29, 0.717) is 5.92 Å². The molecule has 3 aromatic rings. The second-order valence-corrected chi connectivity index (χ2v) is 10.2. The summed E-state index contributed by atoms with van der Waals surface area (Å²) in [6.07, 6.45) is 0.932. The fourth-order valence-electron chi connectivity index (χ4n) is 3.19. The van der Waals surface area contributed by atoms with Gasteiger partial charge < -0.3 is 5.32 Å². The first-order chi connectivity index (χ1) is 13.8. The number of carbonyl (C=O) groups excluding carboxylic acids is 1. The van der Waals surface area contributed by atoms with E-state index in [0.717, 1.165) is 22.1 Å². The van der Waals surface area contributed by atoms with Crippen LogP contribution in [0.3, 0.4) is 0 Å². The Morgan fingerprint density at radius 3 is 2.48 bits per heavy atom. The first-order valence-electron chi connectivity index (χ1n) is 9.66. The third kappa shape index (κ3) is 5.88. The number of sulfonamides is 1. The lowest BCUT2D eigenvalue weighted by atomic mass is 10.0.